The Morgan fingerprint density at radius 2 is 2.15 bits per heavy atom. The molecular weight excluding hydrogens is 250 g/mol. The van der Waals surface area contributed by atoms with Gasteiger partial charge in [0.05, 0.1) is 16.8 Å². The minimum Gasteiger partial charge on any atom is -0.350 e. The standard InChI is InChI=1S/C16H11N3O/c1-19-5-4-14(10-20)16(19)13-3-2-12-6-11(8-17)9-18-15(12)7-13/h2-7,9-10H,1H3. The molecule has 0 radical (unpaired) electrons. The van der Waals surface area contributed by atoms with Gasteiger partial charge in [0.2, 0.25) is 0 Å². The molecule has 0 atom stereocenters. The number of hydrogen-bond acceptors (Lipinski definition) is 3. The predicted octanol–water partition coefficient (Wildman–Crippen LogP) is 2.92. The second-order valence-electron chi connectivity index (χ2n) is 4.59. The number of carbonyl (C=O) groups is 1. The second kappa shape index (κ2) is 4.63. The average molecular weight is 261 g/mol. The van der Waals surface area contributed by atoms with Crippen molar-refractivity contribution in [3.8, 4) is 17.3 Å². The summed E-state index contributed by atoms with van der Waals surface area (Å²) in [5, 5.41) is 9.79. The molecule has 0 saturated heterocycles. The number of nitrogens with zero attached hydrogens (tertiary/aromatic N) is 3. The number of fused-ring (bicyclic) bond motifs is 1. The Kier molecular flexibility index (Phi) is 2.81. The van der Waals surface area contributed by atoms with Crippen molar-refractivity contribution in [3.05, 3.63) is 53.9 Å². The highest BCUT2D eigenvalue weighted by atomic mass is 16.1. The van der Waals surface area contributed by atoms with E-state index < -0.39 is 0 Å². The predicted molar refractivity (Wildman–Crippen MR) is 76.3 cm³/mol. The third-order valence-corrected chi connectivity index (χ3v) is 3.32. The van der Waals surface area contributed by atoms with E-state index in [1.54, 1.807) is 18.3 Å². The quantitative estimate of drug-likeness (QED) is 0.666. The number of hydrogen-bond donors (Lipinski definition) is 0. The van der Waals surface area contributed by atoms with Crippen LogP contribution in [0.2, 0.25) is 0 Å². The van der Waals surface area contributed by atoms with Crippen molar-refractivity contribution < 1.29 is 4.79 Å². The van der Waals surface area contributed by atoms with E-state index in [4.69, 9.17) is 5.26 Å². The summed E-state index contributed by atoms with van der Waals surface area (Å²) in [5.74, 6) is 0. The summed E-state index contributed by atoms with van der Waals surface area (Å²) >= 11 is 0. The summed E-state index contributed by atoms with van der Waals surface area (Å²) in [6.45, 7) is 0. The number of pyridine rings is 1. The van der Waals surface area contributed by atoms with Gasteiger partial charge >= 0.3 is 0 Å². The maximum atomic E-state index is 11.1. The van der Waals surface area contributed by atoms with Crippen molar-refractivity contribution in [2.24, 2.45) is 7.05 Å². The first-order valence-electron chi connectivity index (χ1n) is 6.13. The number of rotatable bonds is 2. The lowest BCUT2D eigenvalue weighted by Gasteiger charge is -2.06. The average Bonchev–Trinajstić information content (AvgIpc) is 2.87. The van der Waals surface area contributed by atoms with Crippen LogP contribution in [0.15, 0.2) is 42.7 Å². The van der Waals surface area contributed by atoms with Crippen molar-refractivity contribution >= 4 is 17.2 Å². The number of benzene rings is 1. The summed E-state index contributed by atoms with van der Waals surface area (Å²) in [6, 6.07) is 11.5. The molecule has 0 aliphatic heterocycles. The van der Waals surface area contributed by atoms with Gasteiger partial charge in [-0.25, -0.2) is 0 Å². The summed E-state index contributed by atoms with van der Waals surface area (Å²) < 4.78 is 1.91. The van der Waals surface area contributed by atoms with Gasteiger partial charge in [0.25, 0.3) is 0 Å². The van der Waals surface area contributed by atoms with Crippen molar-refractivity contribution in [2.45, 2.75) is 0 Å². The van der Waals surface area contributed by atoms with Crippen LogP contribution >= 0.6 is 0 Å². The third-order valence-electron chi connectivity index (χ3n) is 3.32. The largest absolute Gasteiger partial charge is 0.350 e. The van der Waals surface area contributed by atoms with E-state index in [2.05, 4.69) is 11.1 Å². The van der Waals surface area contributed by atoms with Gasteiger partial charge in [-0.3, -0.25) is 9.78 Å². The number of carbonyl (C=O) groups excluding carboxylic acids is 1. The summed E-state index contributed by atoms with van der Waals surface area (Å²) in [4.78, 5) is 15.4. The molecular formula is C16H11N3O. The summed E-state index contributed by atoms with van der Waals surface area (Å²) in [5.41, 5.74) is 3.80. The molecule has 1 aromatic carbocycles. The van der Waals surface area contributed by atoms with Crippen LogP contribution in [0.4, 0.5) is 0 Å². The first-order chi connectivity index (χ1) is 9.72. The normalized spacial score (nSPS) is 10.4. The van der Waals surface area contributed by atoms with Crippen LogP contribution in [0, 0.1) is 11.3 Å². The molecule has 2 aromatic heterocycles. The highest BCUT2D eigenvalue weighted by Crippen LogP contribution is 2.26. The van der Waals surface area contributed by atoms with Gasteiger partial charge in [0.1, 0.15) is 6.07 Å². The highest BCUT2D eigenvalue weighted by Gasteiger charge is 2.10. The fraction of sp³-hybridized carbons (Fsp3) is 0.0625. The molecule has 4 nitrogen and oxygen atoms in total. The Balaban J connectivity index is 2.21. The molecule has 0 fully saturated rings. The number of aldehydes is 1. The maximum absolute atomic E-state index is 11.1. The van der Waals surface area contributed by atoms with Gasteiger partial charge < -0.3 is 4.57 Å². The van der Waals surface area contributed by atoms with Crippen LogP contribution in [0.25, 0.3) is 22.2 Å². The molecule has 0 spiro atoms. The van der Waals surface area contributed by atoms with E-state index >= 15 is 0 Å². The minimum atomic E-state index is 0.540. The Labute approximate surface area is 115 Å². The topological polar surface area (TPSA) is 58.7 Å². The first-order valence-corrected chi connectivity index (χ1v) is 6.13. The molecule has 96 valence electrons. The van der Waals surface area contributed by atoms with E-state index in [0.29, 0.717) is 11.1 Å². The van der Waals surface area contributed by atoms with Crippen LogP contribution in [0.1, 0.15) is 15.9 Å². The van der Waals surface area contributed by atoms with Crippen LogP contribution < -0.4 is 0 Å². The molecule has 20 heavy (non-hydrogen) atoms. The van der Waals surface area contributed by atoms with E-state index in [0.717, 1.165) is 28.4 Å². The smallest absolute Gasteiger partial charge is 0.152 e. The van der Waals surface area contributed by atoms with Gasteiger partial charge in [0.15, 0.2) is 6.29 Å². The monoisotopic (exact) mass is 261 g/mol. The highest BCUT2D eigenvalue weighted by molar-refractivity contribution is 5.90. The Morgan fingerprint density at radius 3 is 2.90 bits per heavy atom. The fourth-order valence-electron chi connectivity index (χ4n) is 2.34. The van der Waals surface area contributed by atoms with E-state index in [1.807, 2.05) is 36.0 Å². The molecule has 3 rings (SSSR count). The molecule has 0 bridgehead atoms. The molecule has 3 aromatic rings. The molecule has 0 aliphatic carbocycles. The van der Waals surface area contributed by atoms with Crippen LogP contribution in [-0.2, 0) is 7.05 Å². The number of aromatic nitrogens is 2. The van der Waals surface area contributed by atoms with Crippen LogP contribution in [0.3, 0.4) is 0 Å². The number of nitriles is 1. The second-order valence-corrected chi connectivity index (χ2v) is 4.59. The van der Waals surface area contributed by atoms with Crippen LogP contribution in [0.5, 0.6) is 0 Å². The van der Waals surface area contributed by atoms with Gasteiger partial charge in [-0.1, -0.05) is 12.1 Å². The van der Waals surface area contributed by atoms with Crippen molar-refractivity contribution in [1.82, 2.24) is 9.55 Å². The summed E-state index contributed by atoms with van der Waals surface area (Å²) in [7, 11) is 1.90. The van der Waals surface area contributed by atoms with Gasteiger partial charge in [0, 0.05) is 36.0 Å². The molecule has 0 unspecified atom stereocenters. The zero-order chi connectivity index (χ0) is 14.1. The lowest BCUT2D eigenvalue weighted by molar-refractivity contribution is 0.112. The van der Waals surface area contributed by atoms with Crippen molar-refractivity contribution in [2.75, 3.05) is 0 Å². The van der Waals surface area contributed by atoms with E-state index in [-0.39, 0.29) is 0 Å². The van der Waals surface area contributed by atoms with Crippen molar-refractivity contribution in [3.63, 3.8) is 0 Å². The molecule has 2 heterocycles. The SMILES string of the molecule is Cn1ccc(C=O)c1-c1ccc2cc(C#N)cnc2c1. The fourth-order valence-corrected chi connectivity index (χ4v) is 2.34. The zero-order valence-corrected chi connectivity index (χ0v) is 10.9. The van der Waals surface area contributed by atoms with Gasteiger partial charge in [-0.2, -0.15) is 5.26 Å². The van der Waals surface area contributed by atoms with Gasteiger partial charge in [-0.05, 0) is 18.2 Å². The van der Waals surface area contributed by atoms with Crippen LogP contribution in [-0.4, -0.2) is 15.8 Å². The van der Waals surface area contributed by atoms with Crippen molar-refractivity contribution in [1.29, 1.82) is 5.26 Å². The molecule has 0 amide bonds. The molecule has 4 heteroatoms. The Morgan fingerprint density at radius 1 is 1.30 bits per heavy atom. The maximum Gasteiger partial charge on any atom is 0.152 e. The molecule has 0 saturated carbocycles. The van der Waals surface area contributed by atoms with E-state index in [1.165, 1.54) is 0 Å². The lowest BCUT2D eigenvalue weighted by atomic mass is 10.1. The zero-order valence-electron chi connectivity index (χ0n) is 10.9. The Hall–Kier alpha value is -2.93. The molecule has 0 N–H and O–H groups in total. The lowest BCUT2D eigenvalue weighted by Crippen LogP contribution is -1.93. The third kappa shape index (κ3) is 1.86. The minimum absolute atomic E-state index is 0.540. The first kappa shape index (κ1) is 12.1. The van der Waals surface area contributed by atoms with E-state index in [9.17, 15) is 4.79 Å². The van der Waals surface area contributed by atoms with Gasteiger partial charge in [-0.15, -0.1) is 0 Å². The summed E-state index contributed by atoms with van der Waals surface area (Å²) in [6.07, 6.45) is 4.26. The number of aryl methyl sites for hydroxylation is 1. The Bertz CT molecular complexity index is 856. The molecule has 0 aliphatic rings.